The fourth-order valence-corrected chi connectivity index (χ4v) is 2.51. The molecule has 0 saturated carbocycles. The number of thiol groups is 1. The molecule has 27 heavy (non-hydrogen) atoms. The molecule has 0 saturated heterocycles. The molecule has 6 nitrogen and oxygen atoms in total. The maximum Gasteiger partial charge on any atom is 0.319 e. The fourth-order valence-electron chi connectivity index (χ4n) is 2.18. The molecule has 3 N–H and O–H groups in total. The van der Waals surface area contributed by atoms with Gasteiger partial charge >= 0.3 is 6.03 Å². The molecular formula is C19H22ClN3O3S. The Labute approximate surface area is 169 Å². The van der Waals surface area contributed by atoms with Crippen LogP contribution in [0.2, 0.25) is 5.02 Å². The molecule has 0 radical (unpaired) electrons. The second kappa shape index (κ2) is 10.1. The van der Waals surface area contributed by atoms with Crippen molar-refractivity contribution in [2.75, 3.05) is 18.4 Å². The first kappa shape index (κ1) is 20.9. The Hall–Kier alpha value is -2.38. The molecule has 0 heterocycles. The molecule has 2 aromatic rings. The number of anilines is 1. The van der Waals surface area contributed by atoms with Crippen molar-refractivity contribution in [1.29, 1.82) is 0 Å². The highest BCUT2D eigenvalue weighted by Crippen LogP contribution is 2.22. The number of hydrogen-bond acceptors (Lipinski definition) is 4. The predicted octanol–water partition coefficient (Wildman–Crippen LogP) is 3.53. The van der Waals surface area contributed by atoms with E-state index in [1.165, 1.54) is 0 Å². The summed E-state index contributed by atoms with van der Waals surface area (Å²) in [5, 5.41) is 8.56. The van der Waals surface area contributed by atoms with Crippen molar-refractivity contribution < 1.29 is 14.3 Å². The van der Waals surface area contributed by atoms with Gasteiger partial charge in [0.25, 0.3) is 5.91 Å². The van der Waals surface area contributed by atoms with Crippen molar-refractivity contribution in [3.63, 3.8) is 0 Å². The minimum absolute atomic E-state index is 0.250. The highest BCUT2D eigenvalue weighted by Gasteiger charge is 2.16. The predicted molar refractivity (Wildman–Crippen MR) is 111 cm³/mol. The number of halogens is 1. The van der Waals surface area contributed by atoms with Gasteiger partial charge in [0.2, 0.25) is 5.44 Å². The molecule has 0 spiro atoms. The Morgan fingerprint density at radius 1 is 1.07 bits per heavy atom. The molecule has 1 unspecified atom stereocenters. The molecule has 3 amide bonds. The van der Waals surface area contributed by atoms with Crippen LogP contribution < -0.4 is 20.7 Å². The SMILES string of the molecule is Cc1cccc(OC(S)C(=O)NCCNC(=O)Nc2ccc(Cl)cc2)c1C. The number of rotatable bonds is 7. The van der Waals surface area contributed by atoms with E-state index in [4.69, 9.17) is 16.3 Å². The van der Waals surface area contributed by atoms with Crippen LogP contribution in [0.15, 0.2) is 42.5 Å². The van der Waals surface area contributed by atoms with Gasteiger partial charge in [0, 0.05) is 23.8 Å². The summed E-state index contributed by atoms with van der Waals surface area (Å²) in [4.78, 5) is 23.8. The average molecular weight is 408 g/mol. The maximum atomic E-state index is 12.1. The second-order valence-corrected chi connectivity index (χ2v) is 6.75. The lowest BCUT2D eigenvalue weighted by molar-refractivity contribution is -0.124. The topological polar surface area (TPSA) is 79.5 Å². The number of hydrogen-bond donors (Lipinski definition) is 4. The molecular weight excluding hydrogens is 386 g/mol. The van der Waals surface area contributed by atoms with Gasteiger partial charge in [-0.1, -0.05) is 23.7 Å². The number of aryl methyl sites for hydroxylation is 1. The summed E-state index contributed by atoms with van der Waals surface area (Å²) in [6.45, 7) is 4.40. The first-order chi connectivity index (χ1) is 12.9. The fraction of sp³-hybridized carbons (Fsp3) is 0.263. The Morgan fingerprint density at radius 2 is 1.74 bits per heavy atom. The van der Waals surface area contributed by atoms with Crippen LogP contribution >= 0.6 is 24.2 Å². The summed E-state index contributed by atoms with van der Waals surface area (Å²) in [5.74, 6) is 0.241. The minimum atomic E-state index is -0.937. The van der Waals surface area contributed by atoms with Gasteiger partial charge in [-0.15, -0.1) is 12.6 Å². The standard InChI is InChI=1S/C19H22ClN3O3S/c1-12-4-3-5-16(13(12)2)26-18(27)17(24)21-10-11-22-19(25)23-15-8-6-14(20)7-9-15/h3-9,18,27H,10-11H2,1-2H3,(H,21,24)(H2,22,23,25). The smallest absolute Gasteiger partial charge is 0.319 e. The van der Waals surface area contributed by atoms with Gasteiger partial charge < -0.3 is 20.7 Å². The van der Waals surface area contributed by atoms with Crippen molar-refractivity contribution in [3.8, 4) is 5.75 Å². The Morgan fingerprint density at radius 3 is 2.44 bits per heavy atom. The van der Waals surface area contributed by atoms with Crippen molar-refractivity contribution in [1.82, 2.24) is 10.6 Å². The van der Waals surface area contributed by atoms with E-state index in [-0.39, 0.29) is 25.0 Å². The van der Waals surface area contributed by atoms with Gasteiger partial charge in [-0.2, -0.15) is 0 Å². The third-order valence-corrected chi connectivity index (χ3v) is 4.42. The summed E-state index contributed by atoms with van der Waals surface area (Å²) in [7, 11) is 0. The van der Waals surface area contributed by atoms with Crippen LogP contribution in [0.1, 0.15) is 11.1 Å². The number of carbonyl (C=O) groups excluding carboxylic acids is 2. The van der Waals surface area contributed by atoms with Crippen LogP contribution in [0.4, 0.5) is 10.5 Å². The van der Waals surface area contributed by atoms with Crippen molar-refractivity contribution in [2.45, 2.75) is 19.3 Å². The van der Waals surface area contributed by atoms with Crippen LogP contribution in [0.25, 0.3) is 0 Å². The Bertz CT molecular complexity index is 799. The van der Waals surface area contributed by atoms with Crippen LogP contribution in [-0.4, -0.2) is 30.5 Å². The first-order valence-electron chi connectivity index (χ1n) is 8.36. The number of urea groups is 1. The molecule has 0 aliphatic heterocycles. The van der Waals surface area contributed by atoms with Crippen molar-refractivity contribution in [2.24, 2.45) is 0 Å². The van der Waals surface area contributed by atoms with Crippen LogP contribution in [0, 0.1) is 13.8 Å². The minimum Gasteiger partial charge on any atom is -0.470 e. The highest BCUT2D eigenvalue weighted by molar-refractivity contribution is 7.81. The van der Waals surface area contributed by atoms with Crippen LogP contribution in [0.5, 0.6) is 5.75 Å². The van der Waals surface area contributed by atoms with Crippen molar-refractivity contribution >= 4 is 41.9 Å². The lowest BCUT2D eigenvalue weighted by atomic mass is 10.1. The van der Waals surface area contributed by atoms with E-state index in [1.807, 2.05) is 26.0 Å². The molecule has 2 rings (SSSR count). The average Bonchev–Trinajstić information content (AvgIpc) is 2.64. The maximum absolute atomic E-state index is 12.1. The van der Waals surface area contributed by atoms with Gasteiger partial charge in [0.1, 0.15) is 5.75 Å². The van der Waals surface area contributed by atoms with E-state index in [0.29, 0.717) is 16.5 Å². The van der Waals surface area contributed by atoms with Gasteiger partial charge in [-0.05, 0) is 55.3 Å². The summed E-state index contributed by atoms with van der Waals surface area (Å²) < 4.78 is 5.60. The largest absolute Gasteiger partial charge is 0.470 e. The third kappa shape index (κ3) is 6.69. The van der Waals surface area contributed by atoms with Gasteiger partial charge in [-0.3, -0.25) is 4.79 Å². The molecule has 8 heteroatoms. The molecule has 2 aromatic carbocycles. The molecule has 0 aliphatic rings. The quantitative estimate of drug-likeness (QED) is 0.322. The molecule has 144 valence electrons. The van der Waals surface area contributed by atoms with Crippen LogP contribution in [-0.2, 0) is 4.79 Å². The number of ether oxygens (including phenoxy) is 1. The number of nitrogens with one attached hydrogen (secondary N) is 3. The van der Waals surface area contributed by atoms with E-state index in [2.05, 4.69) is 28.6 Å². The summed E-state index contributed by atoms with van der Waals surface area (Å²) >= 11 is 9.98. The molecule has 0 aliphatic carbocycles. The zero-order valence-corrected chi connectivity index (χ0v) is 16.7. The molecule has 0 aromatic heterocycles. The second-order valence-electron chi connectivity index (χ2n) is 5.85. The van der Waals surface area contributed by atoms with Gasteiger partial charge in [0.15, 0.2) is 0 Å². The lowest BCUT2D eigenvalue weighted by Gasteiger charge is -2.16. The Balaban J connectivity index is 1.69. The van der Waals surface area contributed by atoms with Crippen molar-refractivity contribution in [3.05, 3.63) is 58.6 Å². The van der Waals surface area contributed by atoms with Gasteiger partial charge in [-0.25, -0.2) is 4.79 Å². The summed E-state index contributed by atoms with van der Waals surface area (Å²) in [5.41, 5.74) is 1.72. The molecule has 1 atom stereocenters. The summed E-state index contributed by atoms with van der Waals surface area (Å²) in [6.07, 6.45) is 0. The highest BCUT2D eigenvalue weighted by atomic mass is 35.5. The van der Waals surface area contributed by atoms with E-state index >= 15 is 0 Å². The monoisotopic (exact) mass is 407 g/mol. The van der Waals surface area contributed by atoms with E-state index in [0.717, 1.165) is 11.1 Å². The lowest BCUT2D eigenvalue weighted by Crippen LogP contribution is -2.40. The summed E-state index contributed by atoms with van der Waals surface area (Å²) in [6, 6.07) is 12.0. The normalized spacial score (nSPS) is 11.4. The van der Waals surface area contributed by atoms with E-state index < -0.39 is 5.44 Å². The zero-order valence-electron chi connectivity index (χ0n) is 15.1. The zero-order chi connectivity index (χ0) is 19.8. The number of carbonyl (C=O) groups is 2. The first-order valence-corrected chi connectivity index (χ1v) is 9.25. The van der Waals surface area contributed by atoms with E-state index in [9.17, 15) is 9.59 Å². The Kier molecular flexibility index (Phi) is 7.82. The van der Waals surface area contributed by atoms with Crippen LogP contribution in [0.3, 0.4) is 0 Å². The van der Waals surface area contributed by atoms with E-state index in [1.54, 1.807) is 30.3 Å². The molecule has 0 fully saturated rings. The third-order valence-electron chi connectivity index (χ3n) is 3.83. The number of amides is 3. The number of benzene rings is 2. The molecule has 0 bridgehead atoms. The van der Waals surface area contributed by atoms with Gasteiger partial charge in [0.05, 0.1) is 0 Å².